The fraction of sp³-hybridized carbons (Fsp3) is 0.103. The molecule has 0 amide bonds. The lowest BCUT2D eigenvalue weighted by atomic mass is 9.76. The first-order chi connectivity index (χ1) is 28.6. The highest BCUT2D eigenvalue weighted by atomic mass is 14.3. The van der Waals surface area contributed by atoms with E-state index < -0.39 is 0 Å². The molecule has 0 aromatic heterocycles. The number of rotatable bonds is 3. The van der Waals surface area contributed by atoms with Crippen molar-refractivity contribution in [2.24, 2.45) is 5.92 Å². The van der Waals surface area contributed by atoms with Crippen LogP contribution in [0.15, 0.2) is 164 Å². The summed E-state index contributed by atoms with van der Waals surface area (Å²) in [5, 5.41) is 15.4. The van der Waals surface area contributed by atoms with Gasteiger partial charge in [0.05, 0.1) is 0 Å². The van der Waals surface area contributed by atoms with Crippen LogP contribution in [0, 0.1) is 12.8 Å². The number of hydrogen-bond donors (Lipinski definition) is 0. The summed E-state index contributed by atoms with van der Waals surface area (Å²) in [5.41, 5.74) is 15.0. The van der Waals surface area contributed by atoms with E-state index in [1.165, 1.54) is 115 Å². The molecule has 0 saturated carbocycles. The molecule has 10 aromatic rings. The second-order valence-electron chi connectivity index (χ2n) is 16.8. The summed E-state index contributed by atoms with van der Waals surface area (Å²) in [6.45, 7) is 4.59. The Morgan fingerprint density at radius 1 is 0.431 bits per heavy atom. The van der Waals surface area contributed by atoms with Crippen LogP contribution >= 0.6 is 0 Å². The zero-order valence-corrected chi connectivity index (χ0v) is 32.9. The van der Waals surface area contributed by atoms with Gasteiger partial charge in [-0.2, -0.15) is 0 Å². The van der Waals surface area contributed by atoms with Crippen LogP contribution < -0.4 is 0 Å². The normalized spacial score (nSPS) is 14.9. The zero-order chi connectivity index (χ0) is 38.5. The molecular weight excluding hydrogens is 697 g/mol. The van der Waals surface area contributed by atoms with Crippen LogP contribution in [0.5, 0.6) is 0 Å². The molecule has 0 radical (unpaired) electrons. The quantitative estimate of drug-likeness (QED) is 0.158. The molecule has 0 spiro atoms. The smallest absolute Gasteiger partial charge is 0.00139 e. The number of fused-ring (bicyclic) bond motifs is 9. The second-order valence-corrected chi connectivity index (χ2v) is 16.8. The van der Waals surface area contributed by atoms with E-state index in [9.17, 15) is 0 Å². The Morgan fingerprint density at radius 3 is 1.79 bits per heavy atom. The highest BCUT2D eigenvalue weighted by Gasteiger charge is 2.26. The van der Waals surface area contributed by atoms with Gasteiger partial charge in [-0.3, -0.25) is 0 Å². The fourth-order valence-corrected chi connectivity index (χ4v) is 10.7. The Balaban J connectivity index is 1.20. The highest BCUT2D eigenvalue weighted by Crippen LogP contribution is 2.51. The van der Waals surface area contributed by atoms with Gasteiger partial charge in [-0.1, -0.05) is 159 Å². The number of aryl methyl sites for hydroxylation is 1. The average molecular weight is 739 g/mol. The van der Waals surface area contributed by atoms with E-state index in [2.05, 4.69) is 190 Å². The van der Waals surface area contributed by atoms with Crippen LogP contribution in [0.2, 0.25) is 0 Å². The lowest BCUT2D eigenvalue weighted by Crippen LogP contribution is -2.11. The highest BCUT2D eigenvalue weighted by molar-refractivity contribution is 6.29. The number of benzene rings is 10. The van der Waals surface area contributed by atoms with Gasteiger partial charge < -0.3 is 0 Å². The minimum Gasteiger partial charge on any atom is -0.0836 e. The molecule has 0 N–H and O–H groups in total. The molecule has 0 heteroatoms. The third-order valence-corrected chi connectivity index (χ3v) is 13.2. The largest absolute Gasteiger partial charge is 0.0836 e. The van der Waals surface area contributed by atoms with Gasteiger partial charge in [-0.15, -0.1) is 0 Å². The van der Waals surface area contributed by atoms with Gasteiger partial charge in [0.15, 0.2) is 0 Å². The molecule has 2 aliphatic carbocycles. The maximum absolute atomic E-state index is 2.51. The maximum atomic E-state index is 2.51. The number of hydrogen-bond acceptors (Lipinski definition) is 0. The molecule has 12 rings (SSSR count). The van der Waals surface area contributed by atoms with Gasteiger partial charge in [0, 0.05) is 0 Å². The van der Waals surface area contributed by atoms with Crippen LogP contribution in [-0.2, 0) is 12.8 Å². The van der Waals surface area contributed by atoms with Crippen LogP contribution in [0.25, 0.3) is 110 Å². The monoisotopic (exact) mass is 738 g/mol. The van der Waals surface area contributed by atoms with Gasteiger partial charge in [0.1, 0.15) is 0 Å². The van der Waals surface area contributed by atoms with Crippen molar-refractivity contribution in [2.45, 2.75) is 33.1 Å². The Hall–Kier alpha value is -6.76. The SMILES string of the molecule is Cc1cc(-c2cccc3c(-c4c5ccccc5c(-c5cc6c(c7c5C=CC(C)C7)CCC=C6)c5ccccc45)c4ccccc4cc23)c2cc3ccccc3cc2c1. The predicted molar refractivity (Wildman–Crippen MR) is 252 cm³/mol. The molecule has 2 aliphatic rings. The molecule has 0 heterocycles. The molecule has 274 valence electrons. The van der Waals surface area contributed by atoms with E-state index in [4.69, 9.17) is 0 Å². The summed E-state index contributed by atoms with van der Waals surface area (Å²) < 4.78 is 0. The molecule has 1 atom stereocenters. The summed E-state index contributed by atoms with van der Waals surface area (Å²) >= 11 is 0. The minimum atomic E-state index is 0.537. The van der Waals surface area contributed by atoms with Crippen LogP contribution in [0.3, 0.4) is 0 Å². The van der Waals surface area contributed by atoms with Crippen molar-refractivity contribution in [1.29, 1.82) is 0 Å². The molecule has 0 fully saturated rings. The first-order valence-electron chi connectivity index (χ1n) is 20.9. The molecular formula is C58H42. The van der Waals surface area contributed by atoms with Crippen molar-refractivity contribution in [3.8, 4) is 33.4 Å². The van der Waals surface area contributed by atoms with E-state index in [0.29, 0.717) is 5.92 Å². The van der Waals surface area contributed by atoms with Crippen molar-refractivity contribution in [1.82, 2.24) is 0 Å². The second kappa shape index (κ2) is 12.9. The van der Waals surface area contributed by atoms with Crippen molar-refractivity contribution < 1.29 is 0 Å². The molecule has 0 aliphatic heterocycles. The van der Waals surface area contributed by atoms with Crippen LogP contribution in [0.1, 0.15) is 41.2 Å². The van der Waals surface area contributed by atoms with Gasteiger partial charge in [-0.25, -0.2) is 0 Å². The van der Waals surface area contributed by atoms with Crippen molar-refractivity contribution in [3.05, 3.63) is 192 Å². The van der Waals surface area contributed by atoms with E-state index in [1.807, 2.05) is 0 Å². The molecule has 58 heavy (non-hydrogen) atoms. The standard InChI is InChI=1S/C58H42/c1-35-26-27-45-52(29-35)42-18-7-5-16-39(42)34-55(45)56-46-20-9-11-22-48(46)58(49-23-12-10-21-47(49)56)57-43-19-8-6-17-40(43)33-54-44(24-13-25-50(54)57)53-30-36(2)28-41-31-37-14-3-4-15-38(37)32-51(41)53/h3-6,8-17,19-28,30-35H,7,18,29H2,1-2H3. The number of allylic oxidation sites excluding steroid dienone is 2. The van der Waals surface area contributed by atoms with Crippen LogP contribution in [-0.4, -0.2) is 0 Å². The van der Waals surface area contributed by atoms with Crippen molar-refractivity contribution in [3.63, 3.8) is 0 Å². The van der Waals surface area contributed by atoms with E-state index in [0.717, 1.165) is 19.3 Å². The maximum Gasteiger partial charge on any atom is -0.00139 e. The lowest BCUT2D eigenvalue weighted by Gasteiger charge is -2.27. The van der Waals surface area contributed by atoms with E-state index in [1.54, 1.807) is 11.1 Å². The first-order valence-corrected chi connectivity index (χ1v) is 20.9. The van der Waals surface area contributed by atoms with Crippen molar-refractivity contribution in [2.75, 3.05) is 0 Å². The lowest BCUT2D eigenvalue weighted by molar-refractivity contribution is 0.708. The average Bonchev–Trinajstić information content (AvgIpc) is 3.26. The Labute approximate surface area is 339 Å². The third kappa shape index (κ3) is 5.01. The summed E-state index contributed by atoms with van der Waals surface area (Å²) in [7, 11) is 0. The summed E-state index contributed by atoms with van der Waals surface area (Å²) in [5.74, 6) is 0.537. The van der Waals surface area contributed by atoms with E-state index >= 15 is 0 Å². The fourth-order valence-electron chi connectivity index (χ4n) is 10.7. The van der Waals surface area contributed by atoms with Crippen molar-refractivity contribution >= 4 is 76.8 Å². The topological polar surface area (TPSA) is 0 Å². The molecule has 0 bridgehead atoms. The summed E-state index contributed by atoms with van der Waals surface area (Å²) in [4.78, 5) is 0. The third-order valence-electron chi connectivity index (χ3n) is 13.2. The predicted octanol–water partition coefficient (Wildman–Crippen LogP) is 16.1. The molecule has 0 nitrogen and oxygen atoms in total. The van der Waals surface area contributed by atoms with Gasteiger partial charge in [0.25, 0.3) is 0 Å². The Bertz CT molecular complexity index is 3390. The van der Waals surface area contributed by atoms with E-state index in [-0.39, 0.29) is 0 Å². The van der Waals surface area contributed by atoms with Gasteiger partial charge in [-0.05, 0) is 182 Å². The summed E-state index contributed by atoms with van der Waals surface area (Å²) in [6, 6.07) is 57.6. The summed E-state index contributed by atoms with van der Waals surface area (Å²) in [6.07, 6.45) is 12.9. The zero-order valence-electron chi connectivity index (χ0n) is 32.9. The minimum absolute atomic E-state index is 0.537. The molecule has 0 saturated heterocycles. The Kier molecular flexibility index (Phi) is 7.42. The molecule has 10 aromatic carbocycles. The van der Waals surface area contributed by atoms with Crippen LogP contribution in [0.4, 0.5) is 0 Å². The van der Waals surface area contributed by atoms with Gasteiger partial charge in [0.2, 0.25) is 0 Å². The Morgan fingerprint density at radius 2 is 1.03 bits per heavy atom. The molecule has 1 unspecified atom stereocenters. The first kappa shape index (κ1) is 33.4. The van der Waals surface area contributed by atoms with Gasteiger partial charge >= 0.3 is 0 Å².